The average Bonchev–Trinajstić information content (AvgIpc) is 2.56. The summed E-state index contributed by atoms with van der Waals surface area (Å²) in [6.07, 6.45) is 0. The van der Waals surface area contributed by atoms with Gasteiger partial charge in [-0.25, -0.2) is 9.67 Å². The van der Waals surface area contributed by atoms with E-state index in [9.17, 15) is 0 Å². The smallest absolute Gasteiger partial charge is 0.221 e. The molecule has 1 heterocycles. The molecule has 0 amide bonds. The highest BCUT2D eigenvalue weighted by Gasteiger charge is 1.92. The summed E-state index contributed by atoms with van der Waals surface area (Å²) in [5, 5.41) is 3.82. The summed E-state index contributed by atoms with van der Waals surface area (Å²) >= 11 is 1.28. The Balaban J connectivity index is 2.44. The molecule has 0 bridgehead atoms. The molecule has 5 heteroatoms. The van der Waals surface area contributed by atoms with Gasteiger partial charge in [0.25, 0.3) is 0 Å². The van der Waals surface area contributed by atoms with E-state index in [0.29, 0.717) is 0 Å². The minimum atomic E-state index is 0.800. The van der Waals surface area contributed by atoms with E-state index >= 15 is 0 Å². The number of hydrogen-bond donors (Lipinski definition) is 0. The van der Waals surface area contributed by atoms with E-state index in [1.165, 1.54) is 17.1 Å². The van der Waals surface area contributed by atoms with Gasteiger partial charge in [-0.3, -0.25) is 0 Å². The highest BCUT2D eigenvalue weighted by atomic mass is 32.1. The zero-order valence-corrected chi connectivity index (χ0v) is 8.82. The lowest BCUT2D eigenvalue weighted by atomic mass is 10.2. The first-order valence-corrected chi connectivity index (χ1v) is 5.00. The van der Waals surface area contributed by atoms with Gasteiger partial charge in [0.2, 0.25) is 4.80 Å². The molecule has 0 radical (unpaired) electrons. The van der Waals surface area contributed by atoms with Crippen molar-refractivity contribution in [1.82, 2.24) is 14.4 Å². The Morgan fingerprint density at radius 2 is 2.00 bits per heavy atom. The molecule has 0 N–H and O–H groups in total. The molecular formula is C9H10N4S. The molecule has 0 saturated carbocycles. The predicted octanol–water partition coefficient (Wildman–Crippen LogP) is 1.42. The molecule has 2 rings (SSSR count). The number of rotatable bonds is 1. The quantitative estimate of drug-likeness (QED) is 0.708. The van der Waals surface area contributed by atoms with Crippen molar-refractivity contribution in [2.75, 3.05) is 0 Å². The van der Waals surface area contributed by atoms with Crippen LogP contribution in [0.15, 0.2) is 29.3 Å². The van der Waals surface area contributed by atoms with Crippen molar-refractivity contribution >= 4 is 17.2 Å². The van der Waals surface area contributed by atoms with Crippen LogP contribution in [-0.4, -0.2) is 14.4 Å². The van der Waals surface area contributed by atoms with Gasteiger partial charge in [-0.1, -0.05) is 27.4 Å². The van der Waals surface area contributed by atoms with Crippen LogP contribution in [0.4, 0.5) is 5.69 Å². The second-order valence-electron chi connectivity index (χ2n) is 3.02. The number of hydrogen-bond acceptors (Lipinski definition) is 4. The topological polar surface area (TPSA) is 43.1 Å². The predicted molar refractivity (Wildman–Crippen MR) is 55.3 cm³/mol. The highest BCUT2D eigenvalue weighted by molar-refractivity contribution is 7.02. The van der Waals surface area contributed by atoms with Gasteiger partial charge >= 0.3 is 0 Å². The lowest BCUT2D eigenvalue weighted by Crippen LogP contribution is -2.10. The van der Waals surface area contributed by atoms with Gasteiger partial charge in [0.05, 0.1) is 5.69 Å². The molecule has 0 fully saturated rings. The lowest BCUT2D eigenvalue weighted by Gasteiger charge is -1.93. The molecule has 1 aromatic carbocycles. The maximum Gasteiger partial charge on any atom is 0.227 e. The van der Waals surface area contributed by atoms with E-state index in [2.05, 4.69) is 21.6 Å². The monoisotopic (exact) mass is 206 g/mol. The molecule has 0 saturated heterocycles. The van der Waals surface area contributed by atoms with Crippen LogP contribution < -0.4 is 4.80 Å². The number of aryl methyl sites for hydroxylation is 2. The average molecular weight is 206 g/mol. The third-order valence-corrected chi connectivity index (χ3v) is 2.50. The summed E-state index contributed by atoms with van der Waals surface area (Å²) in [5.41, 5.74) is 2.16. The number of benzene rings is 1. The SMILES string of the molecule is Cc1ccc(N=c2snnn2C)cc1. The molecule has 2 aromatic rings. The zero-order valence-electron chi connectivity index (χ0n) is 8.01. The largest absolute Gasteiger partial charge is 0.227 e. The lowest BCUT2D eigenvalue weighted by molar-refractivity contribution is 0.686. The summed E-state index contributed by atoms with van der Waals surface area (Å²) in [5.74, 6) is 0. The molecule has 0 aliphatic carbocycles. The van der Waals surface area contributed by atoms with Crippen LogP contribution in [0.5, 0.6) is 0 Å². The first-order chi connectivity index (χ1) is 6.75. The minimum Gasteiger partial charge on any atom is -0.221 e. The van der Waals surface area contributed by atoms with Crippen LogP contribution >= 0.6 is 11.5 Å². The van der Waals surface area contributed by atoms with E-state index in [-0.39, 0.29) is 0 Å². The van der Waals surface area contributed by atoms with Crippen molar-refractivity contribution in [2.24, 2.45) is 12.0 Å². The molecule has 72 valence electrons. The Morgan fingerprint density at radius 1 is 1.29 bits per heavy atom. The van der Waals surface area contributed by atoms with Crippen LogP contribution in [-0.2, 0) is 7.05 Å². The van der Waals surface area contributed by atoms with Gasteiger partial charge in [0, 0.05) is 18.6 Å². The minimum absolute atomic E-state index is 0.800. The van der Waals surface area contributed by atoms with E-state index in [0.717, 1.165) is 10.5 Å². The van der Waals surface area contributed by atoms with Crippen molar-refractivity contribution in [3.8, 4) is 0 Å². The van der Waals surface area contributed by atoms with Crippen LogP contribution in [0.1, 0.15) is 5.56 Å². The second-order valence-corrected chi connectivity index (χ2v) is 3.73. The number of aromatic nitrogens is 3. The fourth-order valence-electron chi connectivity index (χ4n) is 1.03. The second kappa shape index (κ2) is 3.71. The molecular weight excluding hydrogens is 196 g/mol. The first kappa shape index (κ1) is 9.08. The molecule has 0 atom stereocenters. The zero-order chi connectivity index (χ0) is 9.97. The summed E-state index contributed by atoms with van der Waals surface area (Å²) < 4.78 is 5.45. The maximum atomic E-state index is 4.40. The summed E-state index contributed by atoms with van der Waals surface area (Å²) in [7, 11) is 1.83. The summed E-state index contributed by atoms with van der Waals surface area (Å²) in [6.45, 7) is 2.05. The Kier molecular flexibility index (Phi) is 2.41. The Bertz CT molecular complexity index is 480. The van der Waals surface area contributed by atoms with Crippen LogP contribution in [0.2, 0.25) is 0 Å². The van der Waals surface area contributed by atoms with Crippen molar-refractivity contribution in [3.63, 3.8) is 0 Å². The fraction of sp³-hybridized carbons (Fsp3) is 0.222. The van der Waals surface area contributed by atoms with E-state index in [1.807, 2.05) is 31.3 Å². The molecule has 14 heavy (non-hydrogen) atoms. The molecule has 0 aliphatic rings. The summed E-state index contributed by atoms with van der Waals surface area (Å²) in [4.78, 5) is 5.20. The fourth-order valence-corrected chi connectivity index (χ4v) is 1.55. The highest BCUT2D eigenvalue weighted by Crippen LogP contribution is 2.11. The van der Waals surface area contributed by atoms with Crippen LogP contribution in [0.3, 0.4) is 0 Å². The van der Waals surface area contributed by atoms with Crippen molar-refractivity contribution in [2.45, 2.75) is 6.92 Å². The van der Waals surface area contributed by atoms with Crippen molar-refractivity contribution in [1.29, 1.82) is 0 Å². The molecule has 4 nitrogen and oxygen atoms in total. The maximum absolute atomic E-state index is 4.40. The van der Waals surface area contributed by atoms with Gasteiger partial charge in [-0.15, -0.1) is 0 Å². The van der Waals surface area contributed by atoms with Gasteiger partial charge in [0.15, 0.2) is 0 Å². The van der Waals surface area contributed by atoms with E-state index in [4.69, 9.17) is 0 Å². The molecule has 0 aliphatic heterocycles. The van der Waals surface area contributed by atoms with Gasteiger partial charge in [-0.05, 0) is 19.1 Å². The Labute approximate surface area is 85.7 Å². The Morgan fingerprint density at radius 3 is 2.57 bits per heavy atom. The summed E-state index contributed by atoms with van der Waals surface area (Å²) in [6, 6.07) is 8.03. The third-order valence-electron chi connectivity index (χ3n) is 1.83. The standard InChI is InChI=1S/C9H10N4S/c1-7-3-5-8(6-4-7)10-9-13(2)11-12-14-9/h3-6H,1-2H3. The van der Waals surface area contributed by atoms with Crippen LogP contribution in [0.25, 0.3) is 0 Å². The first-order valence-electron chi connectivity index (χ1n) is 4.23. The molecule has 0 unspecified atom stereocenters. The van der Waals surface area contributed by atoms with Crippen LogP contribution in [0, 0.1) is 6.92 Å². The molecule has 1 aromatic heterocycles. The third kappa shape index (κ3) is 1.88. The molecule has 0 spiro atoms. The van der Waals surface area contributed by atoms with E-state index < -0.39 is 0 Å². The van der Waals surface area contributed by atoms with Gasteiger partial charge in [-0.2, -0.15) is 0 Å². The van der Waals surface area contributed by atoms with Gasteiger partial charge < -0.3 is 0 Å². The van der Waals surface area contributed by atoms with Crippen molar-refractivity contribution < 1.29 is 0 Å². The normalized spacial score (nSPS) is 12.0. The van der Waals surface area contributed by atoms with Gasteiger partial charge in [0.1, 0.15) is 0 Å². The van der Waals surface area contributed by atoms with E-state index in [1.54, 1.807) is 4.68 Å². The Hall–Kier alpha value is -1.49. The van der Waals surface area contributed by atoms with Crippen molar-refractivity contribution in [3.05, 3.63) is 34.6 Å². The number of nitrogens with zero attached hydrogens (tertiary/aromatic N) is 4.